The number of thiazole rings is 1. The number of benzene rings is 1. The van der Waals surface area contributed by atoms with Crippen LogP contribution in [0.25, 0.3) is 10.7 Å². The number of methoxy groups -OCH3 is 1. The third kappa shape index (κ3) is 2.63. The Balaban J connectivity index is 1.86. The van der Waals surface area contributed by atoms with E-state index in [0.29, 0.717) is 4.77 Å². The molecule has 2 heterocycles. The zero-order valence-corrected chi connectivity index (χ0v) is 12.3. The van der Waals surface area contributed by atoms with Crippen molar-refractivity contribution in [2.45, 2.75) is 6.42 Å². The summed E-state index contributed by atoms with van der Waals surface area (Å²) in [5.74, 6) is 1.60. The van der Waals surface area contributed by atoms with E-state index < -0.39 is 0 Å². The van der Waals surface area contributed by atoms with Crippen LogP contribution >= 0.6 is 23.6 Å². The molecular weight excluding hydrogens is 292 g/mol. The molecule has 0 fully saturated rings. The number of aromatic amines is 2. The minimum atomic E-state index is 0.444. The molecule has 0 saturated heterocycles. The van der Waals surface area contributed by atoms with Gasteiger partial charge in [0.15, 0.2) is 5.82 Å². The molecule has 0 aliphatic carbocycles. The number of nitrogens with one attached hydrogen (secondary N) is 2. The number of H-pyrrole nitrogens is 2. The summed E-state index contributed by atoms with van der Waals surface area (Å²) in [6.45, 7) is 0. The van der Waals surface area contributed by atoms with Gasteiger partial charge in [-0.1, -0.05) is 18.2 Å². The lowest BCUT2D eigenvalue weighted by Crippen LogP contribution is -1.92. The Bertz CT molecular complexity index is 774. The van der Waals surface area contributed by atoms with Crippen LogP contribution in [0, 0.1) is 4.77 Å². The molecule has 0 atom stereocenters. The molecule has 0 amide bonds. The lowest BCUT2D eigenvalue weighted by Gasteiger charge is -2.05. The van der Waals surface area contributed by atoms with Gasteiger partial charge in [0.2, 0.25) is 4.77 Å². The third-order valence-corrected chi connectivity index (χ3v) is 4.02. The topological polar surface area (TPSA) is 66.6 Å². The second-order valence-electron chi connectivity index (χ2n) is 4.12. The third-order valence-electron chi connectivity index (χ3n) is 2.82. The van der Waals surface area contributed by atoms with Crippen molar-refractivity contribution in [3.8, 4) is 16.5 Å². The number of rotatable bonds is 4. The Labute approximate surface area is 124 Å². The predicted octanol–water partition coefficient (Wildman–Crippen LogP) is 3.19. The molecule has 0 aliphatic rings. The Morgan fingerprint density at radius 1 is 1.30 bits per heavy atom. The number of aromatic nitrogens is 4. The van der Waals surface area contributed by atoms with Gasteiger partial charge in [-0.25, -0.2) is 4.98 Å². The van der Waals surface area contributed by atoms with Crippen molar-refractivity contribution in [2.24, 2.45) is 0 Å². The smallest absolute Gasteiger partial charge is 0.213 e. The molecular formula is C13H12N4OS2. The van der Waals surface area contributed by atoms with Gasteiger partial charge in [-0.2, -0.15) is 4.98 Å². The van der Waals surface area contributed by atoms with Gasteiger partial charge >= 0.3 is 0 Å². The van der Waals surface area contributed by atoms with Crippen LogP contribution in [0.3, 0.4) is 0 Å². The highest BCUT2D eigenvalue weighted by Crippen LogP contribution is 2.27. The van der Waals surface area contributed by atoms with E-state index in [-0.39, 0.29) is 0 Å². The maximum Gasteiger partial charge on any atom is 0.213 e. The van der Waals surface area contributed by atoms with Crippen LogP contribution in [0.4, 0.5) is 0 Å². The maximum atomic E-state index is 5.35. The van der Waals surface area contributed by atoms with E-state index in [0.717, 1.165) is 33.4 Å². The standard InChI is InChI=1S/C13H12N4OS2/c1-18-9-5-3-2-4-8(9)6-11-14-7-10(20-11)12-15-13(19)17-16-12/h2-5,7H,6H2,1H3,(H2,15,16,17,19). The van der Waals surface area contributed by atoms with Crippen molar-refractivity contribution < 1.29 is 4.74 Å². The molecule has 1 aromatic carbocycles. The van der Waals surface area contributed by atoms with Crippen LogP contribution in [0.15, 0.2) is 30.5 Å². The number of hydrogen-bond acceptors (Lipinski definition) is 5. The van der Waals surface area contributed by atoms with Crippen LogP contribution in [0.2, 0.25) is 0 Å². The second kappa shape index (κ2) is 5.56. The first kappa shape index (κ1) is 13.0. The van der Waals surface area contributed by atoms with Gasteiger partial charge in [-0.3, -0.25) is 10.2 Å². The largest absolute Gasteiger partial charge is 0.496 e. The zero-order valence-electron chi connectivity index (χ0n) is 10.7. The van der Waals surface area contributed by atoms with E-state index in [4.69, 9.17) is 17.0 Å². The fourth-order valence-electron chi connectivity index (χ4n) is 1.90. The van der Waals surface area contributed by atoms with Crippen LogP contribution in [0.1, 0.15) is 10.6 Å². The van der Waals surface area contributed by atoms with Crippen molar-refractivity contribution in [1.29, 1.82) is 0 Å². The Morgan fingerprint density at radius 2 is 2.15 bits per heavy atom. The molecule has 0 bridgehead atoms. The monoisotopic (exact) mass is 304 g/mol. The summed E-state index contributed by atoms with van der Waals surface area (Å²) < 4.78 is 5.80. The van der Waals surface area contributed by atoms with E-state index in [1.165, 1.54) is 0 Å². The van der Waals surface area contributed by atoms with E-state index >= 15 is 0 Å². The Kier molecular flexibility index (Phi) is 3.62. The molecule has 3 rings (SSSR count). The van der Waals surface area contributed by atoms with Crippen LogP contribution < -0.4 is 4.74 Å². The number of hydrogen-bond donors (Lipinski definition) is 2. The predicted molar refractivity (Wildman–Crippen MR) is 80.7 cm³/mol. The highest BCUT2D eigenvalue weighted by Gasteiger charge is 2.10. The summed E-state index contributed by atoms with van der Waals surface area (Å²) in [4.78, 5) is 9.57. The van der Waals surface area contributed by atoms with Gasteiger partial charge in [0.1, 0.15) is 5.75 Å². The molecule has 20 heavy (non-hydrogen) atoms. The molecule has 0 radical (unpaired) electrons. The molecule has 2 aromatic heterocycles. The Morgan fingerprint density at radius 3 is 2.90 bits per heavy atom. The van der Waals surface area contributed by atoms with Crippen molar-refractivity contribution in [1.82, 2.24) is 20.2 Å². The van der Waals surface area contributed by atoms with Crippen LogP contribution in [0.5, 0.6) is 5.75 Å². The quantitative estimate of drug-likeness (QED) is 0.726. The molecule has 0 aliphatic heterocycles. The maximum absolute atomic E-state index is 5.35. The average Bonchev–Trinajstić information content (AvgIpc) is 3.08. The fourth-order valence-corrected chi connectivity index (χ4v) is 2.93. The minimum absolute atomic E-state index is 0.444. The molecule has 7 heteroatoms. The normalized spacial score (nSPS) is 10.7. The zero-order chi connectivity index (χ0) is 13.9. The molecule has 102 valence electrons. The minimum Gasteiger partial charge on any atom is -0.496 e. The van der Waals surface area contributed by atoms with E-state index in [9.17, 15) is 0 Å². The lowest BCUT2D eigenvalue weighted by molar-refractivity contribution is 0.410. The molecule has 5 nitrogen and oxygen atoms in total. The summed E-state index contributed by atoms with van der Waals surface area (Å²) in [5.41, 5.74) is 1.12. The summed E-state index contributed by atoms with van der Waals surface area (Å²) in [5, 5.41) is 6.72. The van der Waals surface area contributed by atoms with Gasteiger partial charge < -0.3 is 4.74 Å². The fraction of sp³-hybridized carbons (Fsp3) is 0.154. The summed E-state index contributed by atoms with van der Waals surface area (Å²) in [6.07, 6.45) is 2.54. The Hall–Kier alpha value is -1.99. The highest BCUT2D eigenvalue weighted by molar-refractivity contribution is 7.71. The lowest BCUT2D eigenvalue weighted by atomic mass is 10.1. The SMILES string of the molecule is COc1ccccc1Cc1ncc(-c2nc(=S)[nH][nH]2)s1. The molecule has 0 spiro atoms. The van der Waals surface area contributed by atoms with Crippen LogP contribution in [-0.4, -0.2) is 27.3 Å². The number of ether oxygens (including phenoxy) is 1. The number of nitrogens with zero attached hydrogens (tertiary/aromatic N) is 2. The van der Waals surface area contributed by atoms with Crippen molar-refractivity contribution >= 4 is 23.6 Å². The average molecular weight is 304 g/mol. The first-order valence-corrected chi connectivity index (χ1v) is 7.20. The van der Waals surface area contributed by atoms with E-state index in [1.807, 2.05) is 24.3 Å². The molecule has 0 unspecified atom stereocenters. The first-order valence-electron chi connectivity index (χ1n) is 5.98. The summed E-state index contributed by atoms with van der Waals surface area (Å²) in [6, 6.07) is 7.95. The van der Waals surface area contributed by atoms with Gasteiger partial charge in [-0.05, 0) is 18.3 Å². The summed E-state index contributed by atoms with van der Waals surface area (Å²) in [7, 11) is 1.68. The van der Waals surface area contributed by atoms with E-state index in [2.05, 4.69) is 20.2 Å². The van der Waals surface area contributed by atoms with Crippen molar-refractivity contribution in [2.75, 3.05) is 7.11 Å². The van der Waals surface area contributed by atoms with Crippen molar-refractivity contribution in [3.63, 3.8) is 0 Å². The number of para-hydroxylation sites is 1. The van der Waals surface area contributed by atoms with E-state index in [1.54, 1.807) is 24.6 Å². The first-order chi connectivity index (χ1) is 9.76. The highest BCUT2D eigenvalue weighted by atomic mass is 32.1. The van der Waals surface area contributed by atoms with Crippen molar-refractivity contribution in [3.05, 3.63) is 45.8 Å². The van der Waals surface area contributed by atoms with Gasteiger partial charge in [0, 0.05) is 18.2 Å². The van der Waals surface area contributed by atoms with Gasteiger partial charge in [0.25, 0.3) is 0 Å². The second-order valence-corrected chi connectivity index (χ2v) is 5.62. The van der Waals surface area contributed by atoms with Gasteiger partial charge in [0.05, 0.1) is 17.0 Å². The molecule has 3 aromatic rings. The molecule has 2 N–H and O–H groups in total. The summed E-state index contributed by atoms with van der Waals surface area (Å²) >= 11 is 6.53. The van der Waals surface area contributed by atoms with Gasteiger partial charge in [-0.15, -0.1) is 11.3 Å². The molecule has 0 saturated carbocycles. The van der Waals surface area contributed by atoms with Crippen LogP contribution in [-0.2, 0) is 6.42 Å².